The van der Waals surface area contributed by atoms with Crippen LogP contribution in [0.3, 0.4) is 0 Å². The van der Waals surface area contributed by atoms with Crippen molar-refractivity contribution in [3.05, 3.63) is 96.1 Å². The Bertz CT molecular complexity index is 1330. The first-order chi connectivity index (χ1) is 20.9. The summed E-state index contributed by atoms with van der Waals surface area (Å²) in [7, 11) is 1.56. The Labute approximate surface area is 253 Å². The summed E-state index contributed by atoms with van der Waals surface area (Å²) >= 11 is 0. The zero-order valence-corrected chi connectivity index (χ0v) is 25.0. The van der Waals surface area contributed by atoms with Gasteiger partial charge in [-0.2, -0.15) is 0 Å². The van der Waals surface area contributed by atoms with Gasteiger partial charge in [-0.05, 0) is 92.1 Å². The summed E-state index contributed by atoms with van der Waals surface area (Å²) in [5.74, 6) is 0.729. The molecular weight excluding hydrogens is 548 g/mol. The fourth-order valence-electron chi connectivity index (χ4n) is 4.23. The SMILES string of the molecule is C=CC(=O)OCCCCCCCCCCOc1ccc(C(=O)Oc2ccc(OC(=O)c3ccc(OC)cc3)cc2C)cc1. The number of benzene rings is 3. The molecule has 0 radical (unpaired) electrons. The van der Waals surface area contributed by atoms with Crippen molar-refractivity contribution < 1.29 is 38.1 Å². The smallest absolute Gasteiger partial charge is 0.343 e. The topological polar surface area (TPSA) is 97.4 Å². The van der Waals surface area contributed by atoms with E-state index in [0.29, 0.717) is 52.9 Å². The van der Waals surface area contributed by atoms with E-state index in [4.69, 9.17) is 23.7 Å². The lowest BCUT2D eigenvalue weighted by atomic mass is 10.1. The molecule has 0 saturated heterocycles. The molecule has 0 amide bonds. The third-order valence-corrected chi connectivity index (χ3v) is 6.69. The summed E-state index contributed by atoms with van der Waals surface area (Å²) in [5, 5.41) is 0. The van der Waals surface area contributed by atoms with Crippen LogP contribution in [0.25, 0.3) is 0 Å². The highest BCUT2D eigenvalue weighted by atomic mass is 16.5. The maximum absolute atomic E-state index is 12.7. The predicted molar refractivity (Wildman–Crippen MR) is 164 cm³/mol. The van der Waals surface area contributed by atoms with Crippen molar-refractivity contribution in [1.29, 1.82) is 0 Å². The van der Waals surface area contributed by atoms with E-state index in [0.717, 1.165) is 38.5 Å². The van der Waals surface area contributed by atoms with Crippen LogP contribution < -0.4 is 18.9 Å². The molecule has 3 rings (SSSR count). The Morgan fingerprint density at radius 2 is 1.16 bits per heavy atom. The molecule has 8 heteroatoms. The largest absolute Gasteiger partial charge is 0.497 e. The van der Waals surface area contributed by atoms with Crippen LogP contribution in [0.1, 0.15) is 77.6 Å². The second-order valence-electron chi connectivity index (χ2n) is 10.0. The van der Waals surface area contributed by atoms with Gasteiger partial charge >= 0.3 is 17.9 Å². The Hall–Kier alpha value is -4.59. The highest BCUT2D eigenvalue weighted by Crippen LogP contribution is 2.26. The summed E-state index contributed by atoms with van der Waals surface area (Å²) in [6.07, 6.45) is 9.86. The maximum atomic E-state index is 12.7. The van der Waals surface area contributed by atoms with E-state index >= 15 is 0 Å². The van der Waals surface area contributed by atoms with Crippen molar-refractivity contribution >= 4 is 17.9 Å². The Morgan fingerprint density at radius 3 is 1.72 bits per heavy atom. The fraction of sp³-hybridized carbons (Fsp3) is 0.343. The first kappa shape index (κ1) is 32.9. The van der Waals surface area contributed by atoms with Crippen molar-refractivity contribution in [2.24, 2.45) is 0 Å². The molecule has 0 spiro atoms. The van der Waals surface area contributed by atoms with Gasteiger partial charge in [-0.1, -0.05) is 45.1 Å². The second-order valence-corrected chi connectivity index (χ2v) is 10.0. The minimum atomic E-state index is -0.497. The average molecular weight is 589 g/mol. The monoisotopic (exact) mass is 588 g/mol. The van der Waals surface area contributed by atoms with Gasteiger partial charge in [0.25, 0.3) is 0 Å². The van der Waals surface area contributed by atoms with E-state index in [2.05, 4.69) is 6.58 Å². The van der Waals surface area contributed by atoms with E-state index in [1.807, 2.05) is 0 Å². The highest BCUT2D eigenvalue weighted by Gasteiger charge is 2.14. The van der Waals surface area contributed by atoms with E-state index in [1.54, 1.807) is 80.8 Å². The molecule has 0 aliphatic rings. The fourth-order valence-corrected chi connectivity index (χ4v) is 4.23. The predicted octanol–water partition coefficient (Wildman–Crippen LogP) is 7.67. The van der Waals surface area contributed by atoms with Crippen LogP contribution in [0.5, 0.6) is 23.0 Å². The van der Waals surface area contributed by atoms with Gasteiger partial charge in [0.05, 0.1) is 31.5 Å². The lowest BCUT2D eigenvalue weighted by Gasteiger charge is -2.11. The van der Waals surface area contributed by atoms with Crippen LogP contribution >= 0.6 is 0 Å². The molecule has 0 aliphatic heterocycles. The van der Waals surface area contributed by atoms with Crippen LogP contribution in [0.4, 0.5) is 0 Å². The van der Waals surface area contributed by atoms with Crippen molar-refractivity contribution in [2.75, 3.05) is 20.3 Å². The number of carbonyl (C=O) groups is 3. The van der Waals surface area contributed by atoms with Crippen LogP contribution in [0.2, 0.25) is 0 Å². The summed E-state index contributed by atoms with van der Waals surface area (Å²) in [6, 6.07) is 18.3. The van der Waals surface area contributed by atoms with Gasteiger partial charge in [-0.3, -0.25) is 0 Å². The molecule has 0 heterocycles. The lowest BCUT2D eigenvalue weighted by molar-refractivity contribution is -0.137. The standard InChI is InChI=1S/C35H40O8/c1-4-33(36)41-24-12-10-8-6-5-7-9-11-23-40-30-19-15-28(16-20-30)35(38)43-32-22-21-31(25-26(32)2)42-34(37)27-13-17-29(39-3)18-14-27/h4,13-22,25H,1,5-12,23-24H2,2-3H3. The number of esters is 3. The molecule has 0 fully saturated rings. The first-order valence-electron chi connectivity index (χ1n) is 14.6. The van der Waals surface area contributed by atoms with Crippen LogP contribution in [-0.2, 0) is 9.53 Å². The quantitative estimate of drug-likeness (QED) is 0.0646. The molecule has 0 aliphatic carbocycles. The molecule has 0 atom stereocenters. The Morgan fingerprint density at radius 1 is 0.651 bits per heavy atom. The van der Waals surface area contributed by atoms with Gasteiger partial charge in [0.1, 0.15) is 23.0 Å². The van der Waals surface area contributed by atoms with Gasteiger partial charge in [0.2, 0.25) is 0 Å². The maximum Gasteiger partial charge on any atom is 0.343 e. The van der Waals surface area contributed by atoms with Gasteiger partial charge in [0, 0.05) is 6.08 Å². The van der Waals surface area contributed by atoms with E-state index in [1.165, 1.54) is 18.9 Å². The minimum absolute atomic E-state index is 0.348. The molecule has 43 heavy (non-hydrogen) atoms. The molecule has 3 aromatic carbocycles. The van der Waals surface area contributed by atoms with Gasteiger partial charge in [-0.25, -0.2) is 14.4 Å². The van der Waals surface area contributed by atoms with E-state index < -0.39 is 11.9 Å². The number of unbranched alkanes of at least 4 members (excludes halogenated alkanes) is 7. The van der Waals surface area contributed by atoms with Crippen molar-refractivity contribution in [3.63, 3.8) is 0 Å². The number of hydrogen-bond acceptors (Lipinski definition) is 8. The summed E-state index contributed by atoms with van der Waals surface area (Å²) < 4.78 is 26.9. The zero-order chi connectivity index (χ0) is 30.9. The second kappa shape index (κ2) is 18.1. The molecule has 228 valence electrons. The molecule has 0 bridgehead atoms. The lowest BCUT2D eigenvalue weighted by Crippen LogP contribution is -2.10. The van der Waals surface area contributed by atoms with Crippen molar-refractivity contribution in [2.45, 2.75) is 58.3 Å². The molecule has 8 nitrogen and oxygen atoms in total. The molecular formula is C35H40O8. The number of methoxy groups -OCH3 is 1. The molecule has 0 N–H and O–H groups in total. The van der Waals surface area contributed by atoms with Crippen molar-refractivity contribution in [3.8, 4) is 23.0 Å². The van der Waals surface area contributed by atoms with Crippen LogP contribution in [0.15, 0.2) is 79.4 Å². The average Bonchev–Trinajstić information content (AvgIpc) is 3.03. The third-order valence-electron chi connectivity index (χ3n) is 6.69. The van der Waals surface area contributed by atoms with E-state index in [-0.39, 0.29) is 5.97 Å². The Balaban J connectivity index is 1.32. The number of aryl methyl sites for hydroxylation is 1. The summed E-state index contributed by atoms with van der Waals surface area (Å²) in [4.78, 5) is 36.1. The third kappa shape index (κ3) is 11.7. The van der Waals surface area contributed by atoms with Crippen molar-refractivity contribution in [1.82, 2.24) is 0 Å². The normalized spacial score (nSPS) is 10.5. The number of ether oxygens (including phenoxy) is 5. The first-order valence-corrected chi connectivity index (χ1v) is 14.6. The molecule has 3 aromatic rings. The molecule has 0 saturated carbocycles. The number of carbonyl (C=O) groups excluding carboxylic acids is 3. The van der Waals surface area contributed by atoms with Crippen LogP contribution in [0, 0.1) is 6.92 Å². The Kier molecular flexibility index (Phi) is 13.8. The summed E-state index contributed by atoms with van der Waals surface area (Å²) in [5.41, 5.74) is 1.45. The zero-order valence-electron chi connectivity index (χ0n) is 25.0. The number of hydrogen-bond donors (Lipinski definition) is 0. The van der Waals surface area contributed by atoms with Gasteiger partial charge < -0.3 is 23.7 Å². The van der Waals surface area contributed by atoms with E-state index in [9.17, 15) is 14.4 Å². The van der Waals surface area contributed by atoms with Gasteiger partial charge in [-0.15, -0.1) is 0 Å². The van der Waals surface area contributed by atoms with Gasteiger partial charge in [0.15, 0.2) is 0 Å². The summed E-state index contributed by atoms with van der Waals surface area (Å²) in [6.45, 7) is 6.23. The highest BCUT2D eigenvalue weighted by molar-refractivity contribution is 5.92. The number of rotatable bonds is 18. The molecule has 0 unspecified atom stereocenters. The minimum Gasteiger partial charge on any atom is -0.497 e. The van der Waals surface area contributed by atoms with Crippen LogP contribution in [-0.4, -0.2) is 38.2 Å². The molecule has 0 aromatic heterocycles.